The van der Waals surface area contributed by atoms with Gasteiger partial charge in [-0.2, -0.15) is 0 Å². The summed E-state index contributed by atoms with van der Waals surface area (Å²) in [5, 5.41) is 21.2. The Morgan fingerprint density at radius 1 is 1.44 bits per heavy atom. The van der Waals surface area contributed by atoms with Gasteiger partial charge < -0.3 is 20.3 Å². The number of aromatic hydroxyl groups is 1. The molecule has 3 N–H and O–H groups in total. The van der Waals surface area contributed by atoms with Crippen molar-refractivity contribution in [3.8, 4) is 5.75 Å². The minimum Gasteiger partial charge on any atom is -0.508 e. The number of methoxy groups -OCH3 is 1. The second-order valence-corrected chi connectivity index (χ2v) is 4.03. The van der Waals surface area contributed by atoms with Gasteiger partial charge in [0.1, 0.15) is 5.75 Å². The highest BCUT2D eigenvalue weighted by molar-refractivity contribution is 5.76. The van der Waals surface area contributed by atoms with Crippen molar-refractivity contribution < 1.29 is 19.7 Å². The predicted molar refractivity (Wildman–Crippen MR) is 67.3 cm³/mol. The monoisotopic (exact) mass is 253 g/mol. The molecule has 1 unspecified atom stereocenters. The molecule has 0 heterocycles. The van der Waals surface area contributed by atoms with Crippen LogP contribution in [0.1, 0.15) is 12.0 Å². The highest BCUT2D eigenvalue weighted by Crippen LogP contribution is 2.16. The number of rotatable bonds is 7. The summed E-state index contributed by atoms with van der Waals surface area (Å²) in [5.74, 6) is 0.0234. The summed E-state index contributed by atoms with van der Waals surface area (Å²) < 4.78 is 4.86. The number of aryl methyl sites for hydroxylation is 1. The Morgan fingerprint density at radius 2 is 2.17 bits per heavy atom. The molecule has 0 spiro atoms. The lowest BCUT2D eigenvalue weighted by Crippen LogP contribution is -2.40. The summed E-state index contributed by atoms with van der Waals surface area (Å²) in [5.41, 5.74) is 0.736. The van der Waals surface area contributed by atoms with Gasteiger partial charge in [0.25, 0.3) is 0 Å². The molecule has 0 aliphatic heterocycles. The number of hydrogen-bond acceptors (Lipinski definition) is 4. The lowest BCUT2D eigenvalue weighted by molar-refractivity contribution is -0.122. The molecular formula is C13H19NO4. The van der Waals surface area contributed by atoms with Gasteiger partial charge in [-0.05, 0) is 18.1 Å². The van der Waals surface area contributed by atoms with Crippen molar-refractivity contribution >= 4 is 5.91 Å². The second kappa shape index (κ2) is 7.68. The number of nitrogens with one attached hydrogen (secondary N) is 1. The van der Waals surface area contributed by atoms with E-state index in [0.29, 0.717) is 6.42 Å². The molecule has 0 aliphatic carbocycles. The fraction of sp³-hybridized carbons (Fsp3) is 0.462. The Labute approximate surface area is 106 Å². The van der Waals surface area contributed by atoms with E-state index in [1.54, 1.807) is 18.2 Å². The standard InChI is InChI=1S/C13H19NO4/c1-18-9-11(8-15)14-13(17)7-6-10-4-2-3-5-12(10)16/h2-5,11,15-16H,6-9H2,1H3,(H,14,17). The number of para-hydroxylation sites is 1. The highest BCUT2D eigenvalue weighted by atomic mass is 16.5. The van der Waals surface area contributed by atoms with E-state index in [2.05, 4.69) is 5.32 Å². The third kappa shape index (κ3) is 4.73. The van der Waals surface area contributed by atoms with Gasteiger partial charge in [0.2, 0.25) is 5.91 Å². The van der Waals surface area contributed by atoms with Crippen LogP contribution in [-0.4, -0.2) is 42.5 Å². The third-order valence-electron chi connectivity index (χ3n) is 2.57. The number of phenols is 1. The molecule has 0 bridgehead atoms. The molecule has 1 amide bonds. The molecule has 100 valence electrons. The van der Waals surface area contributed by atoms with E-state index in [1.807, 2.05) is 6.07 Å². The van der Waals surface area contributed by atoms with Gasteiger partial charge in [-0.1, -0.05) is 18.2 Å². The maximum absolute atomic E-state index is 11.6. The molecule has 5 heteroatoms. The van der Waals surface area contributed by atoms with Crippen LogP contribution in [0, 0.1) is 0 Å². The summed E-state index contributed by atoms with van der Waals surface area (Å²) in [6.07, 6.45) is 0.724. The molecule has 0 aliphatic rings. The maximum Gasteiger partial charge on any atom is 0.220 e. The summed E-state index contributed by atoms with van der Waals surface area (Å²) in [4.78, 5) is 11.6. The molecule has 5 nitrogen and oxygen atoms in total. The zero-order valence-corrected chi connectivity index (χ0v) is 10.4. The van der Waals surface area contributed by atoms with Gasteiger partial charge in [-0.25, -0.2) is 0 Å². The van der Waals surface area contributed by atoms with Gasteiger partial charge in [0, 0.05) is 13.5 Å². The van der Waals surface area contributed by atoms with Crippen LogP contribution in [0.15, 0.2) is 24.3 Å². The number of aliphatic hydroxyl groups is 1. The second-order valence-electron chi connectivity index (χ2n) is 4.03. The molecule has 0 saturated carbocycles. The Morgan fingerprint density at radius 3 is 2.78 bits per heavy atom. The summed E-state index contributed by atoms with van der Waals surface area (Å²) in [6.45, 7) is 0.120. The Balaban J connectivity index is 2.39. The zero-order chi connectivity index (χ0) is 13.4. The molecule has 1 atom stereocenters. The van der Waals surface area contributed by atoms with Crippen LogP contribution in [0.25, 0.3) is 0 Å². The predicted octanol–water partition coefficient (Wildman–Crippen LogP) is 0.448. The minimum atomic E-state index is -0.383. The van der Waals surface area contributed by atoms with Gasteiger partial charge >= 0.3 is 0 Å². The van der Waals surface area contributed by atoms with Crippen LogP contribution in [0.2, 0.25) is 0 Å². The zero-order valence-electron chi connectivity index (χ0n) is 10.4. The first-order chi connectivity index (χ1) is 8.67. The molecule has 0 saturated heterocycles. The lowest BCUT2D eigenvalue weighted by atomic mass is 10.1. The largest absolute Gasteiger partial charge is 0.508 e. The first-order valence-electron chi connectivity index (χ1n) is 5.83. The van der Waals surface area contributed by atoms with E-state index < -0.39 is 0 Å². The Bertz CT molecular complexity index is 381. The van der Waals surface area contributed by atoms with E-state index in [-0.39, 0.29) is 37.3 Å². The molecule has 1 aromatic rings. The molecule has 0 radical (unpaired) electrons. The van der Waals surface area contributed by atoms with E-state index in [9.17, 15) is 9.90 Å². The fourth-order valence-electron chi connectivity index (χ4n) is 1.61. The third-order valence-corrected chi connectivity index (χ3v) is 2.57. The van der Waals surface area contributed by atoms with Crippen molar-refractivity contribution in [2.75, 3.05) is 20.3 Å². The fourth-order valence-corrected chi connectivity index (χ4v) is 1.61. The van der Waals surface area contributed by atoms with Crippen molar-refractivity contribution in [2.24, 2.45) is 0 Å². The van der Waals surface area contributed by atoms with Crippen molar-refractivity contribution in [3.05, 3.63) is 29.8 Å². The van der Waals surface area contributed by atoms with E-state index in [1.165, 1.54) is 7.11 Å². The first-order valence-corrected chi connectivity index (χ1v) is 5.83. The number of amides is 1. The SMILES string of the molecule is COCC(CO)NC(=O)CCc1ccccc1O. The molecule has 18 heavy (non-hydrogen) atoms. The van der Waals surface area contributed by atoms with Crippen LogP contribution in [0.4, 0.5) is 0 Å². The van der Waals surface area contributed by atoms with Gasteiger partial charge in [-0.3, -0.25) is 4.79 Å². The number of benzene rings is 1. The van der Waals surface area contributed by atoms with Crippen LogP contribution < -0.4 is 5.32 Å². The smallest absolute Gasteiger partial charge is 0.220 e. The topological polar surface area (TPSA) is 78.8 Å². The number of phenolic OH excluding ortho intramolecular Hbond substituents is 1. The number of hydrogen-bond donors (Lipinski definition) is 3. The van der Waals surface area contributed by atoms with Crippen molar-refractivity contribution in [2.45, 2.75) is 18.9 Å². The molecule has 0 fully saturated rings. The normalized spacial score (nSPS) is 12.1. The molecule has 1 aromatic carbocycles. The van der Waals surface area contributed by atoms with E-state index >= 15 is 0 Å². The summed E-state index contributed by atoms with van der Waals surface area (Å²) in [7, 11) is 1.51. The van der Waals surface area contributed by atoms with Crippen LogP contribution in [-0.2, 0) is 16.0 Å². The number of aliphatic hydroxyl groups excluding tert-OH is 1. The average Bonchev–Trinajstić information content (AvgIpc) is 2.37. The number of carbonyl (C=O) groups is 1. The highest BCUT2D eigenvalue weighted by Gasteiger charge is 2.11. The van der Waals surface area contributed by atoms with Gasteiger partial charge in [0.15, 0.2) is 0 Å². The maximum atomic E-state index is 11.6. The Kier molecular flexibility index (Phi) is 6.18. The van der Waals surface area contributed by atoms with E-state index in [4.69, 9.17) is 9.84 Å². The van der Waals surface area contributed by atoms with Crippen molar-refractivity contribution in [1.82, 2.24) is 5.32 Å². The van der Waals surface area contributed by atoms with Gasteiger partial charge in [0.05, 0.1) is 19.3 Å². The molecular weight excluding hydrogens is 234 g/mol. The molecule has 1 rings (SSSR count). The number of carbonyl (C=O) groups excluding carboxylic acids is 1. The first kappa shape index (κ1) is 14.5. The summed E-state index contributed by atoms with van der Waals surface area (Å²) >= 11 is 0. The lowest BCUT2D eigenvalue weighted by Gasteiger charge is -2.15. The average molecular weight is 253 g/mol. The van der Waals surface area contributed by atoms with E-state index in [0.717, 1.165) is 5.56 Å². The number of ether oxygens (including phenoxy) is 1. The van der Waals surface area contributed by atoms with Crippen LogP contribution in [0.3, 0.4) is 0 Å². The van der Waals surface area contributed by atoms with Crippen LogP contribution in [0.5, 0.6) is 5.75 Å². The molecule has 0 aromatic heterocycles. The van der Waals surface area contributed by atoms with Crippen molar-refractivity contribution in [3.63, 3.8) is 0 Å². The Hall–Kier alpha value is -1.59. The quantitative estimate of drug-likeness (QED) is 0.659. The van der Waals surface area contributed by atoms with Gasteiger partial charge in [-0.15, -0.1) is 0 Å². The summed E-state index contributed by atoms with van der Waals surface area (Å²) in [6, 6.07) is 6.54. The minimum absolute atomic E-state index is 0.157. The van der Waals surface area contributed by atoms with Crippen molar-refractivity contribution in [1.29, 1.82) is 0 Å². The van der Waals surface area contributed by atoms with Crippen LogP contribution >= 0.6 is 0 Å².